The highest BCUT2D eigenvalue weighted by Gasteiger charge is 2.10. The lowest BCUT2D eigenvalue weighted by Crippen LogP contribution is -2.17. The molecule has 0 unspecified atom stereocenters. The van der Waals surface area contributed by atoms with Crippen molar-refractivity contribution < 1.29 is 18.7 Å². The van der Waals surface area contributed by atoms with E-state index in [0.29, 0.717) is 16.0 Å². The van der Waals surface area contributed by atoms with Crippen LogP contribution in [-0.4, -0.2) is 25.5 Å². The van der Waals surface area contributed by atoms with Crippen LogP contribution in [0.2, 0.25) is 0 Å². The highest BCUT2D eigenvalue weighted by molar-refractivity contribution is 9.10. The van der Waals surface area contributed by atoms with Gasteiger partial charge in [-0.05, 0) is 52.3 Å². The summed E-state index contributed by atoms with van der Waals surface area (Å²) < 4.78 is 10.4. The van der Waals surface area contributed by atoms with E-state index in [9.17, 15) is 9.59 Å². The Labute approximate surface area is 129 Å². The molecule has 6 nitrogen and oxygen atoms in total. The van der Waals surface area contributed by atoms with Gasteiger partial charge in [0.25, 0.3) is 5.91 Å². The van der Waals surface area contributed by atoms with Crippen LogP contribution < -0.4 is 10.6 Å². The SMILES string of the molecule is COCC(=O)Nc1ccc(NC(=O)c2ccc(Br)o2)cc1. The molecule has 0 bridgehead atoms. The first-order valence-electron chi connectivity index (χ1n) is 6.04. The Balaban J connectivity index is 1.96. The highest BCUT2D eigenvalue weighted by Crippen LogP contribution is 2.17. The Hall–Kier alpha value is -2.12. The van der Waals surface area contributed by atoms with Gasteiger partial charge < -0.3 is 19.8 Å². The van der Waals surface area contributed by atoms with Gasteiger partial charge >= 0.3 is 0 Å². The lowest BCUT2D eigenvalue weighted by Gasteiger charge is -2.06. The summed E-state index contributed by atoms with van der Waals surface area (Å²) in [5.41, 5.74) is 1.22. The first kappa shape index (κ1) is 15.3. The van der Waals surface area contributed by atoms with Crippen molar-refractivity contribution in [2.24, 2.45) is 0 Å². The van der Waals surface area contributed by atoms with E-state index in [1.54, 1.807) is 36.4 Å². The summed E-state index contributed by atoms with van der Waals surface area (Å²) in [4.78, 5) is 23.2. The summed E-state index contributed by atoms with van der Waals surface area (Å²) in [6.45, 7) is -0.00808. The number of nitrogens with one attached hydrogen (secondary N) is 2. The van der Waals surface area contributed by atoms with Gasteiger partial charge in [-0.2, -0.15) is 0 Å². The predicted molar refractivity (Wildman–Crippen MR) is 81.3 cm³/mol. The number of anilines is 2. The minimum absolute atomic E-state index is 0.00808. The topological polar surface area (TPSA) is 80.6 Å². The maximum atomic E-state index is 11.9. The molecule has 0 aliphatic carbocycles. The average molecular weight is 353 g/mol. The second-order valence-electron chi connectivity index (χ2n) is 4.12. The van der Waals surface area contributed by atoms with Crippen molar-refractivity contribution >= 4 is 39.1 Å². The van der Waals surface area contributed by atoms with Gasteiger partial charge in [0.15, 0.2) is 10.4 Å². The molecule has 2 aromatic rings. The lowest BCUT2D eigenvalue weighted by atomic mass is 10.2. The van der Waals surface area contributed by atoms with Gasteiger partial charge in [0, 0.05) is 18.5 Å². The number of halogens is 1. The van der Waals surface area contributed by atoms with Crippen LogP contribution in [-0.2, 0) is 9.53 Å². The molecule has 0 aliphatic rings. The van der Waals surface area contributed by atoms with E-state index in [4.69, 9.17) is 9.15 Å². The molecule has 1 heterocycles. The molecule has 0 atom stereocenters. The van der Waals surface area contributed by atoms with Crippen molar-refractivity contribution in [3.8, 4) is 0 Å². The van der Waals surface area contributed by atoms with Gasteiger partial charge in [-0.25, -0.2) is 0 Å². The third kappa shape index (κ3) is 4.44. The molecule has 2 rings (SSSR count). The van der Waals surface area contributed by atoms with Crippen molar-refractivity contribution in [3.63, 3.8) is 0 Å². The lowest BCUT2D eigenvalue weighted by molar-refractivity contribution is -0.119. The number of carbonyl (C=O) groups is 2. The fraction of sp³-hybridized carbons (Fsp3) is 0.143. The second-order valence-corrected chi connectivity index (χ2v) is 4.90. The standard InChI is InChI=1S/C14H13BrN2O4/c1-20-8-13(18)16-9-2-4-10(5-3-9)17-14(19)11-6-7-12(15)21-11/h2-7H,8H2,1H3,(H,16,18)(H,17,19). The molecule has 0 saturated heterocycles. The summed E-state index contributed by atoms with van der Waals surface area (Å²) in [6.07, 6.45) is 0. The van der Waals surface area contributed by atoms with Gasteiger partial charge in [-0.15, -0.1) is 0 Å². The Bertz CT molecular complexity index is 637. The number of carbonyl (C=O) groups excluding carboxylic acids is 2. The van der Waals surface area contributed by atoms with E-state index in [2.05, 4.69) is 26.6 Å². The number of benzene rings is 1. The van der Waals surface area contributed by atoms with E-state index in [1.807, 2.05) is 0 Å². The smallest absolute Gasteiger partial charge is 0.291 e. The predicted octanol–water partition coefficient (Wildman–Crippen LogP) is 2.88. The summed E-state index contributed by atoms with van der Waals surface area (Å²) in [5, 5.41) is 5.34. The number of amides is 2. The first-order chi connectivity index (χ1) is 10.1. The van der Waals surface area contributed by atoms with Crippen LogP contribution in [0.4, 0.5) is 11.4 Å². The molecule has 110 valence electrons. The van der Waals surface area contributed by atoms with Crippen molar-refractivity contribution in [3.05, 3.63) is 46.8 Å². The summed E-state index contributed by atoms with van der Waals surface area (Å²) in [6, 6.07) is 9.93. The zero-order chi connectivity index (χ0) is 15.2. The summed E-state index contributed by atoms with van der Waals surface area (Å²) >= 11 is 3.13. The van der Waals surface area contributed by atoms with Gasteiger partial charge in [0.2, 0.25) is 5.91 Å². The van der Waals surface area contributed by atoms with Gasteiger partial charge in [-0.3, -0.25) is 9.59 Å². The molecule has 2 amide bonds. The maximum Gasteiger partial charge on any atom is 0.291 e. The number of hydrogen-bond acceptors (Lipinski definition) is 4. The van der Waals surface area contributed by atoms with Crippen LogP contribution in [0.1, 0.15) is 10.6 Å². The van der Waals surface area contributed by atoms with Crippen LogP contribution in [0.25, 0.3) is 0 Å². The Morgan fingerprint density at radius 1 is 1.10 bits per heavy atom. The zero-order valence-corrected chi connectivity index (χ0v) is 12.8. The van der Waals surface area contributed by atoms with E-state index in [0.717, 1.165) is 0 Å². The normalized spacial score (nSPS) is 10.2. The minimum Gasteiger partial charge on any atom is -0.444 e. The molecule has 1 aromatic carbocycles. The van der Waals surface area contributed by atoms with E-state index >= 15 is 0 Å². The van der Waals surface area contributed by atoms with Crippen LogP contribution in [0.15, 0.2) is 45.5 Å². The molecule has 0 radical (unpaired) electrons. The van der Waals surface area contributed by atoms with E-state index < -0.39 is 0 Å². The van der Waals surface area contributed by atoms with E-state index in [1.165, 1.54) is 7.11 Å². The molecule has 0 saturated carbocycles. The molecule has 0 aliphatic heterocycles. The number of ether oxygens (including phenoxy) is 1. The van der Waals surface area contributed by atoms with Crippen LogP contribution in [0, 0.1) is 0 Å². The zero-order valence-electron chi connectivity index (χ0n) is 11.2. The molecule has 7 heteroatoms. The molecular weight excluding hydrogens is 340 g/mol. The third-order valence-electron chi connectivity index (χ3n) is 2.50. The fourth-order valence-electron chi connectivity index (χ4n) is 1.59. The minimum atomic E-state index is -0.350. The third-order valence-corrected chi connectivity index (χ3v) is 2.93. The quantitative estimate of drug-likeness (QED) is 0.866. The monoisotopic (exact) mass is 352 g/mol. The highest BCUT2D eigenvalue weighted by atomic mass is 79.9. The largest absolute Gasteiger partial charge is 0.444 e. The number of rotatable bonds is 5. The van der Waals surface area contributed by atoms with Gasteiger partial charge in [0.05, 0.1) is 0 Å². The number of hydrogen-bond donors (Lipinski definition) is 2. The van der Waals surface area contributed by atoms with Crippen LogP contribution >= 0.6 is 15.9 Å². The summed E-state index contributed by atoms with van der Waals surface area (Å²) in [5.74, 6) is -0.383. The molecule has 21 heavy (non-hydrogen) atoms. The maximum absolute atomic E-state index is 11.9. The first-order valence-corrected chi connectivity index (χ1v) is 6.83. The summed E-state index contributed by atoms with van der Waals surface area (Å²) in [7, 11) is 1.45. The molecule has 2 N–H and O–H groups in total. The fourth-order valence-corrected chi connectivity index (χ4v) is 1.90. The van der Waals surface area contributed by atoms with Crippen LogP contribution in [0.5, 0.6) is 0 Å². The Kier molecular flexibility index (Phi) is 5.13. The van der Waals surface area contributed by atoms with Crippen molar-refractivity contribution in [2.75, 3.05) is 24.4 Å². The average Bonchev–Trinajstić information content (AvgIpc) is 2.88. The number of methoxy groups -OCH3 is 1. The van der Waals surface area contributed by atoms with Crippen molar-refractivity contribution in [2.45, 2.75) is 0 Å². The van der Waals surface area contributed by atoms with Crippen LogP contribution in [0.3, 0.4) is 0 Å². The molecule has 0 spiro atoms. The Morgan fingerprint density at radius 2 is 1.71 bits per heavy atom. The van der Waals surface area contributed by atoms with Crippen molar-refractivity contribution in [1.29, 1.82) is 0 Å². The molecule has 1 aromatic heterocycles. The second kappa shape index (κ2) is 7.05. The molecular formula is C14H13BrN2O4. The van der Waals surface area contributed by atoms with Crippen molar-refractivity contribution in [1.82, 2.24) is 0 Å². The number of furan rings is 1. The Morgan fingerprint density at radius 3 is 2.24 bits per heavy atom. The van der Waals surface area contributed by atoms with Gasteiger partial charge in [-0.1, -0.05) is 0 Å². The molecule has 0 fully saturated rings. The van der Waals surface area contributed by atoms with E-state index in [-0.39, 0.29) is 24.2 Å². The van der Waals surface area contributed by atoms with Gasteiger partial charge in [0.1, 0.15) is 6.61 Å².